The summed E-state index contributed by atoms with van der Waals surface area (Å²) in [6.07, 6.45) is 2.99. The van der Waals surface area contributed by atoms with E-state index in [1.54, 1.807) is 0 Å². The van der Waals surface area contributed by atoms with E-state index in [1.165, 1.54) is 11.1 Å². The standard InChI is InChI=1S/C16H24N2O/c1-4-13-9-6-8-12(3)15(13)18-11-7-10-14(16(18)19)17-5-2/h6,8-9,14,17H,4-5,7,10-11H2,1-3H3. The van der Waals surface area contributed by atoms with Crippen molar-refractivity contribution in [2.24, 2.45) is 0 Å². The number of amides is 1. The summed E-state index contributed by atoms with van der Waals surface area (Å²) >= 11 is 0. The number of rotatable bonds is 4. The monoisotopic (exact) mass is 260 g/mol. The Morgan fingerprint density at radius 1 is 1.37 bits per heavy atom. The molecule has 0 spiro atoms. The van der Waals surface area contributed by atoms with E-state index in [9.17, 15) is 4.79 Å². The Labute approximate surface area is 116 Å². The smallest absolute Gasteiger partial charge is 0.244 e. The first kappa shape index (κ1) is 14.1. The molecule has 0 saturated carbocycles. The molecule has 1 aliphatic heterocycles. The molecule has 0 aromatic heterocycles. The largest absolute Gasteiger partial charge is 0.311 e. The van der Waals surface area contributed by atoms with Crippen molar-refractivity contribution in [2.45, 2.75) is 46.1 Å². The van der Waals surface area contributed by atoms with Crippen LogP contribution in [0.25, 0.3) is 0 Å². The molecule has 0 radical (unpaired) electrons. The van der Waals surface area contributed by atoms with E-state index in [0.29, 0.717) is 0 Å². The fourth-order valence-corrected chi connectivity index (χ4v) is 2.92. The van der Waals surface area contributed by atoms with Gasteiger partial charge in [-0.2, -0.15) is 0 Å². The zero-order chi connectivity index (χ0) is 13.8. The van der Waals surface area contributed by atoms with Gasteiger partial charge in [0.15, 0.2) is 0 Å². The normalized spacial score (nSPS) is 19.8. The van der Waals surface area contributed by atoms with Gasteiger partial charge in [-0.15, -0.1) is 0 Å². The summed E-state index contributed by atoms with van der Waals surface area (Å²) in [5, 5.41) is 3.30. The number of carbonyl (C=O) groups is 1. The lowest BCUT2D eigenvalue weighted by Gasteiger charge is -2.34. The summed E-state index contributed by atoms with van der Waals surface area (Å²) in [5.74, 6) is 0.233. The molecule has 1 amide bonds. The van der Waals surface area contributed by atoms with Crippen molar-refractivity contribution in [2.75, 3.05) is 18.0 Å². The average molecular weight is 260 g/mol. The van der Waals surface area contributed by atoms with Gasteiger partial charge in [0.1, 0.15) is 0 Å². The molecule has 1 aliphatic rings. The summed E-state index contributed by atoms with van der Waals surface area (Å²) in [6, 6.07) is 6.29. The molecular formula is C16H24N2O. The Balaban J connectivity index is 2.33. The summed E-state index contributed by atoms with van der Waals surface area (Å²) in [5.41, 5.74) is 3.60. The second-order valence-electron chi connectivity index (χ2n) is 5.18. The predicted molar refractivity (Wildman–Crippen MR) is 79.6 cm³/mol. The minimum atomic E-state index is -0.0111. The van der Waals surface area contributed by atoms with E-state index in [4.69, 9.17) is 0 Å². The Morgan fingerprint density at radius 3 is 2.84 bits per heavy atom. The molecule has 0 bridgehead atoms. The molecule has 1 heterocycles. The molecular weight excluding hydrogens is 236 g/mol. The van der Waals surface area contributed by atoms with E-state index in [-0.39, 0.29) is 11.9 Å². The van der Waals surface area contributed by atoms with Crippen LogP contribution in [0.4, 0.5) is 5.69 Å². The van der Waals surface area contributed by atoms with Crippen molar-refractivity contribution in [3.63, 3.8) is 0 Å². The number of likely N-dealkylation sites (N-methyl/N-ethyl adjacent to an activating group) is 1. The summed E-state index contributed by atoms with van der Waals surface area (Å²) in [7, 11) is 0. The van der Waals surface area contributed by atoms with Crippen LogP contribution in [0.5, 0.6) is 0 Å². The van der Waals surface area contributed by atoms with E-state index in [0.717, 1.165) is 38.0 Å². The summed E-state index contributed by atoms with van der Waals surface area (Å²) in [6.45, 7) is 7.99. The number of nitrogens with zero attached hydrogens (tertiary/aromatic N) is 1. The van der Waals surface area contributed by atoms with Crippen LogP contribution in [0.15, 0.2) is 18.2 Å². The van der Waals surface area contributed by atoms with Crippen LogP contribution in [0.2, 0.25) is 0 Å². The average Bonchev–Trinajstić information content (AvgIpc) is 2.41. The Bertz CT molecular complexity index is 454. The van der Waals surface area contributed by atoms with E-state index < -0.39 is 0 Å². The first-order valence-corrected chi connectivity index (χ1v) is 7.32. The van der Waals surface area contributed by atoms with Crippen molar-refractivity contribution in [1.82, 2.24) is 5.32 Å². The number of anilines is 1. The lowest BCUT2D eigenvalue weighted by atomic mass is 9.99. The van der Waals surface area contributed by atoms with Gasteiger partial charge in [0.2, 0.25) is 5.91 Å². The first-order chi connectivity index (χ1) is 9.19. The number of aryl methyl sites for hydroxylation is 2. The zero-order valence-electron chi connectivity index (χ0n) is 12.2. The molecule has 1 aromatic carbocycles. The maximum absolute atomic E-state index is 12.6. The molecule has 1 aromatic rings. The van der Waals surface area contributed by atoms with Crippen LogP contribution in [0, 0.1) is 6.92 Å². The highest BCUT2D eigenvalue weighted by molar-refractivity contribution is 5.99. The summed E-state index contributed by atoms with van der Waals surface area (Å²) < 4.78 is 0. The Kier molecular flexibility index (Phi) is 4.59. The molecule has 1 saturated heterocycles. The van der Waals surface area contributed by atoms with Crippen molar-refractivity contribution in [3.05, 3.63) is 29.3 Å². The first-order valence-electron chi connectivity index (χ1n) is 7.32. The Morgan fingerprint density at radius 2 is 2.16 bits per heavy atom. The third-order valence-corrected chi connectivity index (χ3v) is 3.86. The van der Waals surface area contributed by atoms with E-state index in [2.05, 4.69) is 44.3 Å². The topological polar surface area (TPSA) is 32.3 Å². The highest BCUT2D eigenvalue weighted by atomic mass is 16.2. The number of piperidine rings is 1. The van der Waals surface area contributed by atoms with Gasteiger partial charge in [-0.1, -0.05) is 32.0 Å². The highest BCUT2D eigenvalue weighted by Gasteiger charge is 2.30. The van der Waals surface area contributed by atoms with Crippen LogP contribution in [0.1, 0.15) is 37.8 Å². The van der Waals surface area contributed by atoms with E-state index in [1.807, 2.05) is 4.90 Å². The van der Waals surface area contributed by atoms with Gasteiger partial charge in [0.25, 0.3) is 0 Å². The fraction of sp³-hybridized carbons (Fsp3) is 0.562. The molecule has 1 unspecified atom stereocenters. The van der Waals surface area contributed by atoms with E-state index >= 15 is 0 Å². The van der Waals surface area contributed by atoms with Gasteiger partial charge in [0.05, 0.1) is 6.04 Å². The molecule has 19 heavy (non-hydrogen) atoms. The van der Waals surface area contributed by atoms with Gasteiger partial charge in [-0.05, 0) is 43.9 Å². The predicted octanol–water partition coefficient (Wildman–Crippen LogP) is 2.66. The second-order valence-corrected chi connectivity index (χ2v) is 5.18. The van der Waals surface area contributed by atoms with Gasteiger partial charge in [0, 0.05) is 12.2 Å². The third-order valence-electron chi connectivity index (χ3n) is 3.86. The maximum atomic E-state index is 12.6. The lowest BCUT2D eigenvalue weighted by Crippen LogP contribution is -2.51. The molecule has 1 fully saturated rings. The third kappa shape index (κ3) is 2.81. The van der Waals surface area contributed by atoms with Crippen molar-refractivity contribution in [3.8, 4) is 0 Å². The number of carbonyl (C=O) groups excluding carboxylic acids is 1. The Hall–Kier alpha value is -1.35. The fourth-order valence-electron chi connectivity index (χ4n) is 2.92. The SMILES string of the molecule is CCNC1CCCN(c2c(C)cccc2CC)C1=O. The van der Waals surface area contributed by atoms with Gasteiger partial charge in [-0.25, -0.2) is 0 Å². The number of hydrogen-bond donors (Lipinski definition) is 1. The van der Waals surface area contributed by atoms with Crippen LogP contribution < -0.4 is 10.2 Å². The molecule has 2 rings (SSSR count). The second kappa shape index (κ2) is 6.20. The minimum absolute atomic E-state index is 0.0111. The van der Waals surface area contributed by atoms with Crippen LogP contribution in [-0.2, 0) is 11.2 Å². The van der Waals surface area contributed by atoms with Gasteiger partial charge in [-0.3, -0.25) is 4.79 Å². The van der Waals surface area contributed by atoms with Crippen molar-refractivity contribution >= 4 is 11.6 Å². The quantitative estimate of drug-likeness (QED) is 0.902. The molecule has 104 valence electrons. The summed E-state index contributed by atoms with van der Waals surface area (Å²) in [4.78, 5) is 14.6. The number of benzene rings is 1. The molecule has 1 N–H and O–H groups in total. The van der Waals surface area contributed by atoms with Crippen molar-refractivity contribution < 1.29 is 4.79 Å². The number of nitrogens with one attached hydrogen (secondary N) is 1. The van der Waals surface area contributed by atoms with Crippen molar-refractivity contribution in [1.29, 1.82) is 0 Å². The zero-order valence-corrected chi connectivity index (χ0v) is 12.2. The number of hydrogen-bond acceptors (Lipinski definition) is 2. The van der Waals surface area contributed by atoms with Crippen LogP contribution in [0.3, 0.4) is 0 Å². The van der Waals surface area contributed by atoms with Crippen LogP contribution >= 0.6 is 0 Å². The van der Waals surface area contributed by atoms with Gasteiger partial charge >= 0.3 is 0 Å². The maximum Gasteiger partial charge on any atom is 0.244 e. The molecule has 3 nitrogen and oxygen atoms in total. The molecule has 1 atom stereocenters. The molecule has 0 aliphatic carbocycles. The minimum Gasteiger partial charge on any atom is -0.311 e. The van der Waals surface area contributed by atoms with Gasteiger partial charge < -0.3 is 10.2 Å². The van der Waals surface area contributed by atoms with Crippen LogP contribution in [-0.4, -0.2) is 25.0 Å². The molecule has 3 heteroatoms. The number of para-hydroxylation sites is 1. The lowest BCUT2D eigenvalue weighted by molar-refractivity contribution is -0.121. The highest BCUT2D eigenvalue weighted by Crippen LogP contribution is 2.29.